The summed E-state index contributed by atoms with van der Waals surface area (Å²) in [4.78, 5) is 20.0. The number of aromatic nitrogens is 2. The lowest BCUT2D eigenvalue weighted by Crippen LogP contribution is -2.29. The highest BCUT2D eigenvalue weighted by molar-refractivity contribution is 9.10. The predicted octanol–water partition coefficient (Wildman–Crippen LogP) is 2.70. The second kappa shape index (κ2) is 6.47. The summed E-state index contributed by atoms with van der Waals surface area (Å²) in [6.07, 6.45) is 3.68. The molecule has 0 spiro atoms. The van der Waals surface area contributed by atoms with Gasteiger partial charge in [-0.1, -0.05) is 35.0 Å². The minimum atomic E-state index is -0.314. The van der Waals surface area contributed by atoms with E-state index in [-0.39, 0.29) is 23.5 Å². The van der Waals surface area contributed by atoms with Crippen molar-refractivity contribution in [3.05, 3.63) is 52.4 Å². The fraction of sp³-hybridized carbons (Fsp3) is 0.214. The molecule has 0 radical (unpaired) electrons. The van der Waals surface area contributed by atoms with Crippen LogP contribution >= 0.6 is 15.9 Å². The summed E-state index contributed by atoms with van der Waals surface area (Å²) >= 11 is 3.39. The third-order valence-electron chi connectivity index (χ3n) is 2.93. The standard InChI is InChI=1S/C14H15BrN4O/c1-2-11(9-3-5-10(15)6-4-9)19-14(20)12-13(16)18-8-7-17-12/h3-8,11H,2H2,1H3,(H2,16,18)(H,19,20). The number of carbonyl (C=O) groups excluding carboxylic acids is 1. The summed E-state index contributed by atoms with van der Waals surface area (Å²) < 4.78 is 1.00. The van der Waals surface area contributed by atoms with Gasteiger partial charge in [-0.25, -0.2) is 9.97 Å². The monoisotopic (exact) mass is 334 g/mol. The molecule has 0 aliphatic heterocycles. The molecule has 0 bridgehead atoms. The zero-order valence-electron chi connectivity index (χ0n) is 11.0. The number of halogens is 1. The molecule has 20 heavy (non-hydrogen) atoms. The second-order valence-electron chi connectivity index (χ2n) is 4.28. The van der Waals surface area contributed by atoms with Gasteiger partial charge in [-0.05, 0) is 24.1 Å². The van der Waals surface area contributed by atoms with E-state index in [1.54, 1.807) is 0 Å². The molecule has 2 aromatic rings. The first-order valence-corrected chi connectivity index (χ1v) is 7.04. The van der Waals surface area contributed by atoms with Crippen LogP contribution in [0.1, 0.15) is 35.4 Å². The van der Waals surface area contributed by atoms with Gasteiger partial charge in [-0.3, -0.25) is 4.79 Å². The molecule has 1 aromatic heterocycles. The highest BCUT2D eigenvalue weighted by Crippen LogP contribution is 2.20. The molecule has 5 nitrogen and oxygen atoms in total. The van der Waals surface area contributed by atoms with Crippen LogP contribution in [0, 0.1) is 0 Å². The van der Waals surface area contributed by atoms with E-state index in [4.69, 9.17) is 5.73 Å². The Kier molecular flexibility index (Phi) is 4.68. The van der Waals surface area contributed by atoms with Gasteiger partial charge in [-0.15, -0.1) is 0 Å². The van der Waals surface area contributed by atoms with Gasteiger partial charge in [0.05, 0.1) is 6.04 Å². The summed E-state index contributed by atoms with van der Waals surface area (Å²) in [5.74, 6) is -0.180. The summed E-state index contributed by atoms with van der Waals surface area (Å²) in [5, 5.41) is 2.92. The molecular weight excluding hydrogens is 320 g/mol. The van der Waals surface area contributed by atoms with Crippen LogP contribution in [0.15, 0.2) is 41.1 Å². The maximum atomic E-state index is 12.2. The topological polar surface area (TPSA) is 80.9 Å². The van der Waals surface area contributed by atoms with Gasteiger partial charge >= 0.3 is 0 Å². The van der Waals surface area contributed by atoms with Crippen LogP contribution < -0.4 is 11.1 Å². The van der Waals surface area contributed by atoms with Gasteiger partial charge in [0.25, 0.3) is 5.91 Å². The average molecular weight is 335 g/mol. The molecule has 1 aromatic carbocycles. The molecule has 3 N–H and O–H groups in total. The molecule has 1 amide bonds. The Morgan fingerprint density at radius 1 is 1.30 bits per heavy atom. The van der Waals surface area contributed by atoms with Crippen LogP contribution in [0.3, 0.4) is 0 Å². The van der Waals surface area contributed by atoms with Crippen molar-refractivity contribution in [3.8, 4) is 0 Å². The smallest absolute Gasteiger partial charge is 0.274 e. The number of hydrogen-bond acceptors (Lipinski definition) is 4. The zero-order chi connectivity index (χ0) is 14.5. The van der Waals surface area contributed by atoms with Crippen molar-refractivity contribution >= 4 is 27.7 Å². The molecule has 1 heterocycles. The molecule has 1 unspecified atom stereocenters. The van der Waals surface area contributed by atoms with Crippen LogP contribution in [0.25, 0.3) is 0 Å². The minimum absolute atomic E-state index is 0.0861. The van der Waals surface area contributed by atoms with E-state index in [0.29, 0.717) is 0 Å². The average Bonchev–Trinajstić information content (AvgIpc) is 2.46. The number of anilines is 1. The third-order valence-corrected chi connectivity index (χ3v) is 3.46. The fourth-order valence-corrected chi connectivity index (χ4v) is 2.13. The quantitative estimate of drug-likeness (QED) is 0.900. The zero-order valence-corrected chi connectivity index (χ0v) is 12.6. The van der Waals surface area contributed by atoms with Crippen molar-refractivity contribution in [2.45, 2.75) is 19.4 Å². The van der Waals surface area contributed by atoms with Gasteiger partial charge in [0, 0.05) is 16.9 Å². The van der Waals surface area contributed by atoms with Crippen molar-refractivity contribution in [2.24, 2.45) is 0 Å². The molecule has 6 heteroatoms. The second-order valence-corrected chi connectivity index (χ2v) is 5.19. The number of nitrogens with two attached hydrogens (primary N) is 1. The molecule has 2 rings (SSSR count). The Morgan fingerprint density at radius 2 is 1.95 bits per heavy atom. The van der Waals surface area contributed by atoms with E-state index in [1.807, 2.05) is 31.2 Å². The van der Waals surface area contributed by atoms with E-state index >= 15 is 0 Å². The predicted molar refractivity (Wildman–Crippen MR) is 81.1 cm³/mol. The Labute approximate surface area is 125 Å². The lowest BCUT2D eigenvalue weighted by Gasteiger charge is -2.17. The molecule has 0 aliphatic carbocycles. The van der Waals surface area contributed by atoms with Gasteiger partial charge < -0.3 is 11.1 Å². The number of amides is 1. The molecule has 104 valence electrons. The molecule has 0 saturated heterocycles. The SMILES string of the molecule is CCC(NC(=O)c1nccnc1N)c1ccc(Br)cc1. The van der Waals surface area contributed by atoms with Gasteiger partial charge in [0.2, 0.25) is 0 Å². The first-order chi connectivity index (χ1) is 9.61. The first-order valence-electron chi connectivity index (χ1n) is 6.24. The Morgan fingerprint density at radius 3 is 2.55 bits per heavy atom. The number of hydrogen-bond donors (Lipinski definition) is 2. The molecule has 1 atom stereocenters. The maximum Gasteiger partial charge on any atom is 0.274 e. The van der Waals surface area contributed by atoms with Gasteiger partial charge in [-0.2, -0.15) is 0 Å². The molecular formula is C14H15BrN4O. The number of rotatable bonds is 4. The summed E-state index contributed by atoms with van der Waals surface area (Å²) in [7, 11) is 0. The fourth-order valence-electron chi connectivity index (χ4n) is 1.87. The van der Waals surface area contributed by atoms with E-state index in [0.717, 1.165) is 16.5 Å². The Hall–Kier alpha value is -1.95. The lowest BCUT2D eigenvalue weighted by molar-refractivity contribution is 0.0931. The minimum Gasteiger partial charge on any atom is -0.382 e. The Balaban J connectivity index is 2.16. The maximum absolute atomic E-state index is 12.2. The van der Waals surface area contributed by atoms with E-state index < -0.39 is 0 Å². The van der Waals surface area contributed by atoms with Crippen LogP contribution in [0.4, 0.5) is 5.82 Å². The Bertz CT molecular complexity index is 600. The van der Waals surface area contributed by atoms with Gasteiger partial charge in [0.1, 0.15) is 0 Å². The number of nitrogen functional groups attached to an aromatic ring is 1. The summed E-state index contributed by atoms with van der Waals surface area (Å²) in [6, 6.07) is 7.75. The summed E-state index contributed by atoms with van der Waals surface area (Å²) in [5.41, 5.74) is 6.85. The van der Waals surface area contributed by atoms with Crippen LogP contribution in [0.5, 0.6) is 0 Å². The van der Waals surface area contributed by atoms with Gasteiger partial charge in [0.15, 0.2) is 11.5 Å². The van der Waals surface area contributed by atoms with Crippen molar-refractivity contribution in [1.29, 1.82) is 0 Å². The molecule has 0 fully saturated rings. The normalized spacial score (nSPS) is 11.9. The van der Waals surface area contributed by atoms with E-state index in [9.17, 15) is 4.79 Å². The summed E-state index contributed by atoms with van der Waals surface area (Å²) in [6.45, 7) is 2.01. The van der Waals surface area contributed by atoms with Crippen molar-refractivity contribution in [2.75, 3.05) is 5.73 Å². The van der Waals surface area contributed by atoms with E-state index in [2.05, 4.69) is 31.2 Å². The van der Waals surface area contributed by atoms with Crippen LogP contribution in [-0.4, -0.2) is 15.9 Å². The lowest BCUT2D eigenvalue weighted by atomic mass is 10.0. The molecule has 0 saturated carbocycles. The van der Waals surface area contributed by atoms with Crippen molar-refractivity contribution < 1.29 is 4.79 Å². The molecule has 0 aliphatic rings. The third kappa shape index (κ3) is 3.33. The largest absolute Gasteiger partial charge is 0.382 e. The number of benzene rings is 1. The number of nitrogens with one attached hydrogen (secondary N) is 1. The van der Waals surface area contributed by atoms with Crippen molar-refractivity contribution in [3.63, 3.8) is 0 Å². The van der Waals surface area contributed by atoms with Crippen LogP contribution in [-0.2, 0) is 0 Å². The highest BCUT2D eigenvalue weighted by atomic mass is 79.9. The van der Waals surface area contributed by atoms with E-state index in [1.165, 1.54) is 12.4 Å². The van der Waals surface area contributed by atoms with Crippen LogP contribution in [0.2, 0.25) is 0 Å². The number of carbonyl (C=O) groups is 1. The first kappa shape index (κ1) is 14.5. The highest BCUT2D eigenvalue weighted by Gasteiger charge is 2.17. The van der Waals surface area contributed by atoms with Crippen molar-refractivity contribution in [1.82, 2.24) is 15.3 Å². The number of nitrogens with zero attached hydrogens (tertiary/aromatic N) is 2.